The zero-order valence-corrected chi connectivity index (χ0v) is 6.25. The van der Waals surface area contributed by atoms with Crippen molar-refractivity contribution in [3.8, 4) is 5.95 Å². The first kappa shape index (κ1) is 7.87. The topological polar surface area (TPSA) is 72.6 Å². The summed E-state index contributed by atoms with van der Waals surface area (Å²) in [6, 6.07) is 0. The fourth-order valence-corrected chi connectivity index (χ4v) is 0.764. The van der Waals surface area contributed by atoms with E-state index in [1.54, 1.807) is 0 Å². The van der Waals surface area contributed by atoms with E-state index in [2.05, 4.69) is 14.4 Å². The van der Waals surface area contributed by atoms with Crippen molar-refractivity contribution in [2.45, 2.75) is 0 Å². The average molecular weight is 178 g/mol. The van der Waals surface area contributed by atoms with Crippen LogP contribution in [0.15, 0.2) is 4.52 Å². The molecule has 0 atom stereocenters. The molecule has 0 bridgehead atoms. The lowest BCUT2D eigenvalue weighted by Gasteiger charge is -1.91. The van der Waals surface area contributed by atoms with Crippen molar-refractivity contribution in [1.29, 1.82) is 0 Å². The number of halogens is 1. The van der Waals surface area contributed by atoms with Crippen molar-refractivity contribution in [3.05, 3.63) is 10.7 Å². The van der Waals surface area contributed by atoms with Crippen LogP contribution in [0.1, 0.15) is 10.4 Å². The van der Waals surface area contributed by atoms with Gasteiger partial charge < -0.3 is 14.4 Å². The number of carboxylic acids is 1. The second kappa shape index (κ2) is 2.79. The number of carboxylic acid groups (broad SMARTS) is 1. The van der Waals surface area contributed by atoms with Gasteiger partial charge in [0.15, 0.2) is 10.7 Å². The SMILES string of the molecule is COc1onc(Cl)c1C(=O)O. The monoisotopic (exact) mass is 177 g/mol. The highest BCUT2D eigenvalue weighted by Gasteiger charge is 2.21. The third-order valence-corrected chi connectivity index (χ3v) is 1.28. The Kier molecular flexibility index (Phi) is 2.00. The summed E-state index contributed by atoms with van der Waals surface area (Å²) in [7, 11) is 1.27. The second-order valence-corrected chi connectivity index (χ2v) is 2.00. The van der Waals surface area contributed by atoms with E-state index in [0.29, 0.717) is 0 Å². The number of ether oxygens (including phenoxy) is 1. The van der Waals surface area contributed by atoms with Crippen LogP contribution in [0.4, 0.5) is 0 Å². The van der Waals surface area contributed by atoms with Gasteiger partial charge in [-0.15, -0.1) is 0 Å². The third-order valence-electron chi connectivity index (χ3n) is 1.02. The molecule has 0 aliphatic heterocycles. The van der Waals surface area contributed by atoms with Gasteiger partial charge in [0, 0.05) is 0 Å². The van der Waals surface area contributed by atoms with E-state index in [4.69, 9.17) is 16.7 Å². The average Bonchev–Trinajstić information content (AvgIpc) is 2.30. The molecule has 0 spiro atoms. The number of methoxy groups -OCH3 is 1. The van der Waals surface area contributed by atoms with Gasteiger partial charge in [0.1, 0.15) is 0 Å². The Morgan fingerprint density at radius 1 is 1.82 bits per heavy atom. The van der Waals surface area contributed by atoms with Crippen LogP contribution >= 0.6 is 11.6 Å². The number of carbonyl (C=O) groups is 1. The van der Waals surface area contributed by atoms with Crippen LogP contribution in [-0.2, 0) is 0 Å². The van der Waals surface area contributed by atoms with Crippen LogP contribution < -0.4 is 4.74 Å². The molecule has 1 N–H and O–H groups in total. The zero-order valence-electron chi connectivity index (χ0n) is 5.50. The molecule has 0 unspecified atom stereocenters. The second-order valence-electron chi connectivity index (χ2n) is 1.65. The van der Waals surface area contributed by atoms with Crippen LogP contribution in [-0.4, -0.2) is 23.3 Å². The van der Waals surface area contributed by atoms with Crippen molar-refractivity contribution < 1.29 is 19.2 Å². The molecule has 60 valence electrons. The summed E-state index contributed by atoms with van der Waals surface area (Å²) in [6.07, 6.45) is 0. The number of rotatable bonds is 2. The van der Waals surface area contributed by atoms with Gasteiger partial charge in [-0.2, -0.15) is 0 Å². The number of aromatic nitrogens is 1. The van der Waals surface area contributed by atoms with Gasteiger partial charge in [0.05, 0.1) is 7.11 Å². The highest BCUT2D eigenvalue weighted by molar-refractivity contribution is 6.32. The van der Waals surface area contributed by atoms with Gasteiger partial charge in [0.2, 0.25) is 0 Å². The first-order chi connectivity index (χ1) is 5.16. The van der Waals surface area contributed by atoms with Crippen molar-refractivity contribution in [1.82, 2.24) is 5.16 Å². The summed E-state index contributed by atoms with van der Waals surface area (Å²) in [5.74, 6) is -1.42. The quantitative estimate of drug-likeness (QED) is 0.731. The summed E-state index contributed by atoms with van der Waals surface area (Å²) >= 11 is 5.35. The Morgan fingerprint density at radius 2 is 2.45 bits per heavy atom. The molecular formula is C5H4ClNO4. The first-order valence-electron chi connectivity index (χ1n) is 2.59. The number of nitrogens with zero attached hydrogens (tertiary/aromatic N) is 1. The standard InChI is InChI=1S/C5H4ClNO4/c1-10-5-2(4(8)9)3(6)7-11-5/h1H3,(H,8,9). The summed E-state index contributed by atoms with van der Waals surface area (Å²) in [5.41, 5.74) is -0.255. The number of hydrogen-bond donors (Lipinski definition) is 1. The fraction of sp³-hybridized carbons (Fsp3) is 0.200. The van der Waals surface area contributed by atoms with Gasteiger partial charge >= 0.3 is 11.9 Å². The predicted octanol–water partition coefficient (Wildman–Crippen LogP) is 1.03. The van der Waals surface area contributed by atoms with Crippen LogP contribution in [0.2, 0.25) is 5.15 Å². The van der Waals surface area contributed by atoms with Gasteiger partial charge in [-0.3, -0.25) is 0 Å². The number of aromatic carboxylic acids is 1. The van der Waals surface area contributed by atoms with E-state index >= 15 is 0 Å². The zero-order chi connectivity index (χ0) is 8.43. The first-order valence-corrected chi connectivity index (χ1v) is 2.97. The van der Waals surface area contributed by atoms with Crippen LogP contribution in [0.3, 0.4) is 0 Å². The third kappa shape index (κ3) is 1.27. The van der Waals surface area contributed by atoms with Crippen molar-refractivity contribution in [3.63, 3.8) is 0 Å². The number of hydrogen-bond acceptors (Lipinski definition) is 4. The van der Waals surface area contributed by atoms with Crippen molar-refractivity contribution >= 4 is 17.6 Å². The van der Waals surface area contributed by atoms with E-state index in [1.165, 1.54) is 7.11 Å². The van der Waals surface area contributed by atoms with Crippen LogP contribution in [0.5, 0.6) is 5.95 Å². The normalized spacial score (nSPS) is 9.64. The lowest BCUT2D eigenvalue weighted by molar-refractivity contribution is 0.0690. The van der Waals surface area contributed by atoms with Crippen molar-refractivity contribution in [2.75, 3.05) is 7.11 Å². The molecule has 0 amide bonds. The molecule has 1 heterocycles. The van der Waals surface area contributed by atoms with Crippen LogP contribution in [0, 0.1) is 0 Å². The Bertz CT molecular complexity index is 282. The molecule has 11 heavy (non-hydrogen) atoms. The highest BCUT2D eigenvalue weighted by atomic mass is 35.5. The van der Waals surface area contributed by atoms with Gasteiger partial charge in [-0.05, 0) is 0 Å². The summed E-state index contributed by atoms with van der Waals surface area (Å²) in [4.78, 5) is 10.4. The molecule has 0 saturated heterocycles. The van der Waals surface area contributed by atoms with E-state index in [9.17, 15) is 4.79 Å². The van der Waals surface area contributed by atoms with E-state index in [0.717, 1.165) is 0 Å². The minimum Gasteiger partial charge on any atom is -0.477 e. The molecule has 0 saturated carbocycles. The van der Waals surface area contributed by atoms with Crippen LogP contribution in [0.25, 0.3) is 0 Å². The smallest absolute Gasteiger partial charge is 0.346 e. The predicted molar refractivity (Wildman–Crippen MR) is 35.0 cm³/mol. The summed E-state index contributed by atoms with van der Waals surface area (Å²) < 4.78 is 8.95. The largest absolute Gasteiger partial charge is 0.477 e. The molecular weight excluding hydrogens is 174 g/mol. The molecule has 5 nitrogen and oxygen atoms in total. The van der Waals surface area contributed by atoms with Crippen molar-refractivity contribution in [2.24, 2.45) is 0 Å². The summed E-state index contributed by atoms with van der Waals surface area (Å²) in [5, 5.41) is 11.5. The molecule has 0 fully saturated rings. The van der Waals surface area contributed by atoms with Gasteiger partial charge in [0.25, 0.3) is 0 Å². The Morgan fingerprint density at radius 3 is 2.82 bits per heavy atom. The molecule has 1 rings (SSSR count). The van der Waals surface area contributed by atoms with E-state index < -0.39 is 5.97 Å². The summed E-state index contributed by atoms with van der Waals surface area (Å²) in [6.45, 7) is 0. The minimum absolute atomic E-state index is 0.192. The molecule has 6 heteroatoms. The highest BCUT2D eigenvalue weighted by Crippen LogP contribution is 2.25. The van der Waals surface area contributed by atoms with Gasteiger partial charge in [-0.1, -0.05) is 16.8 Å². The maximum Gasteiger partial charge on any atom is 0.346 e. The molecule has 0 aromatic carbocycles. The van der Waals surface area contributed by atoms with E-state index in [-0.39, 0.29) is 16.7 Å². The molecule has 0 aliphatic carbocycles. The Balaban J connectivity index is 3.17. The lowest BCUT2D eigenvalue weighted by Crippen LogP contribution is -1.97. The lowest BCUT2D eigenvalue weighted by atomic mass is 10.4. The maximum absolute atomic E-state index is 10.4. The molecule has 0 radical (unpaired) electrons. The van der Waals surface area contributed by atoms with E-state index in [1.807, 2.05) is 0 Å². The Labute approximate surface area is 66.5 Å². The Hall–Kier alpha value is -1.23. The molecule has 0 aliphatic rings. The minimum atomic E-state index is -1.23. The molecule has 1 aromatic heterocycles. The fourth-order valence-electron chi connectivity index (χ4n) is 0.572. The maximum atomic E-state index is 10.4. The molecule has 1 aromatic rings. The van der Waals surface area contributed by atoms with Gasteiger partial charge in [-0.25, -0.2) is 4.79 Å².